The quantitative estimate of drug-likeness (QED) is 0.586. The SMILES string of the molecule is COc1cccc(N(CC(=O)N(Cc2ccccc2)C(C)C(=O)NC(C)C)S(C)(=O)=O)c1. The van der Waals surface area contributed by atoms with Crippen molar-refractivity contribution in [1.82, 2.24) is 10.2 Å². The molecule has 0 aliphatic carbocycles. The molecule has 0 aromatic heterocycles. The normalized spacial score (nSPS) is 12.2. The summed E-state index contributed by atoms with van der Waals surface area (Å²) in [5.41, 5.74) is 1.14. The maximum Gasteiger partial charge on any atom is 0.244 e. The third-order valence-electron chi connectivity index (χ3n) is 4.81. The van der Waals surface area contributed by atoms with Gasteiger partial charge >= 0.3 is 0 Å². The fourth-order valence-corrected chi connectivity index (χ4v) is 3.99. The molecule has 0 heterocycles. The van der Waals surface area contributed by atoms with E-state index in [1.807, 2.05) is 44.2 Å². The summed E-state index contributed by atoms with van der Waals surface area (Å²) in [7, 11) is -2.30. The smallest absolute Gasteiger partial charge is 0.244 e. The van der Waals surface area contributed by atoms with Crippen LogP contribution in [0.5, 0.6) is 5.75 Å². The Morgan fingerprint density at radius 1 is 1.03 bits per heavy atom. The van der Waals surface area contributed by atoms with Crippen LogP contribution in [0.2, 0.25) is 0 Å². The molecule has 2 amide bonds. The Morgan fingerprint density at radius 3 is 2.25 bits per heavy atom. The molecule has 8 nitrogen and oxygen atoms in total. The van der Waals surface area contributed by atoms with Crippen molar-refractivity contribution in [2.75, 3.05) is 24.2 Å². The third-order valence-corrected chi connectivity index (χ3v) is 5.96. The van der Waals surface area contributed by atoms with Gasteiger partial charge in [-0.25, -0.2) is 8.42 Å². The van der Waals surface area contributed by atoms with E-state index in [2.05, 4.69) is 5.32 Å². The van der Waals surface area contributed by atoms with Crippen LogP contribution >= 0.6 is 0 Å². The zero-order valence-corrected chi connectivity index (χ0v) is 19.9. The first-order chi connectivity index (χ1) is 15.0. The highest BCUT2D eigenvalue weighted by molar-refractivity contribution is 7.92. The van der Waals surface area contributed by atoms with E-state index in [-0.39, 0.29) is 18.5 Å². The van der Waals surface area contributed by atoms with E-state index in [9.17, 15) is 18.0 Å². The molecule has 0 radical (unpaired) electrons. The van der Waals surface area contributed by atoms with Crippen LogP contribution in [-0.4, -0.2) is 57.1 Å². The van der Waals surface area contributed by atoms with Gasteiger partial charge in [0.25, 0.3) is 0 Å². The fraction of sp³-hybridized carbons (Fsp3) is 0.391. The number of rotatable bonds is 10. The Labute approximate surface area is 190 Å². The van der Waals surface area contributed by atoms with Crippen molar-refractivity contribution in [3.8, 4) is 5.75 Å². The van der Waals surface area contributed by atoms with Gasteiger partial charge in [0.05, 0.1) is 19.1 Å². The molecule has 174 valence electrons. The van der Waals surface area contributed by atoms with Gasteiger partial charge in [-0.15, -0.1) is 0 Å². The zero-order valence-electron chi connectivity index (χ0n) is 19.1. The topological polar surface area (TPSA) is 96.0 Å². The number of nitrogens with zero attached hydrogens (tertiary/aromatic N) is 2. The molecule has 0 aliphatic heterocycles. The third kappa shape index (κ3) is 6.98. The molecule has 0 aliphatic rings. The number of hydrogen-bond donors (Lipinski definition) is 1. The highest BCUT2D eigenvalue weighted by atomic mass is 32.2. The summed E-state index contributed by atoms with van der Waals surface area (Å²) in [6, 6.07) is 14.8. The minimum atomic E-state index is -3.78. The van der Waals surface area contributed by atoms with Crippen molar-refractivity contribution in [2.24, 2.45) is 0 Å². The van der Waals surface area contributed by atoms with Crippen LogP contribution in [0.3, 0.4) is 0 Å². The largest absolute Gasteiger partial charge is 0.497 e. The summed E-state index contributed by atoms with van der Waals surface area (Å²) >= 11 is 0. The lowest BCUT2D eigenvalue weighted by Crippen LogP contribution is -2.52. The molecule has 9 heteroatoms. The van der Waals surface area contributed by atoms with Crippen LogP contribution in [0, 0.1) is 0 Å². The minimum Gasteiger partial charge on any atom is -0.497 e. The second-order valence-electron chi connectivity index (χ2n) is 7.82. The summed E-state index contributed by atoms with van der Waals surface area (Å²) < 4.78 is 31.3. The number of sulfonamides is 1. The van der Waals surface area contributed by atoms with E-state index < -0.39 is 28.5 Å². The van der Waals surface area contributed by atoms with Gasteiger partial charge in [-0.05, 0) is 38.5 Å². The van der Waals surface area contributed by atoms with Gasteiger partial charge in [-0.2, -0.15) is 0 Å². The second-order valence-corrected chi connectivity index (χ2v) is 9.72. The molecule has 0 saturated heterocycles. The fourth-order valence-electron chi connectivity index (χ4n) is 3.15. The predicted octanol–water partition coefficient (Wildman–Crippen LogP) is 2.40. The van der Waals surface area contributed by atoms with Gasteiger partial charge in [0.1, 0.15) is 18.3 Å². The zero-order chi connectivity index (χ0) is 23.9. The maximum absolute atomic E-state index is 13.4. The lowest BCUT2D eigenvalue weighted by atomic mass is 10.1. The number of methoxy groups -OCH3 is 1. The van der Waals surface area contributed by atoms with Crippen LogP contribution in [0.1, 0.15) is 26.3 Å². The van der Waals surface area contributed by atoms with Gasteiger partial charge < -0.3 is 15.0 Å². The van der Waals surface area contributed by atoms with Crippen LogP contribution in [0.4, 0.5) is 5.69 Å². The van der Waals surface area contributed by atoms with Crippen molar-refractivity contribution in [3.05, 3.63) is 60.2 Å². The number of anilines is 1. The highest BCUT2D eigenvalue weighted by Gasteiger charge is 2.30. The molecule has 0 fully saturated rings. The Kier molecular flexibility index (Phi) is 8.65. The summed E-state index contributed by atoms with van der Waals surface area (Å²) in [4.78, 5) is 27.4. The van der Waals surface area contributed by atoms with Gasteiger partial charge in [0.2, 0.25) is 21.8 Å². The molecule has 0 saturated carbocycles. The maximum atomic E-state index is 13.4. The number of benzene rings is 2. The van der Waals surface area contributed by atoms with E-state index >= 15 is 0 Å². The van der Waals surface area contributed by atoms with Gasteiger partial charge in [0, 0.05) is 18.7 Å². The summed E-state index contributed by atoms with van der Waals surface area (Å²) in [6.07, 6.45) is 1.04. The van der Waals surface area contributed by atoms with Crippen molar-refractivity contribution >= 4 is 27.5 Å². The monoisotopic (exact) mass is 461 g/mol. The second kappa shape index (κ2) is 11.0. The highest BCUT2D eigenvalue weighted by Crippen LogP contribution is 2.23. The average molecular weight is 462 g/mol. The van der Waals surface area contributed by atoms with Gasteiger partial charge in [-0.1, -0.05) is 36.4 Å². The number of amides is 2. The van der Waals surface area contributed by atoms with E-state index in [4.69, 9.17) is 4.74 Å². The molecule has 32 heavy (non-hydrogen) atoms. The number of carbonyl (C=O) groups excluding carboxylic acids is 2. The molecule has 2 aromatic rings. The molecule has 2 aromatic carbocycles. The van der Waals surface area contributed by atoms with Crippen molar-refractivity contribution in [3.63, 3.8) is 0 Å². The van der Waals surface area contributed by atoms with Crippen LogP contribution < -0.4 is 14.4 Å². The average Bonchev–Trinajstić information content (AvgIpc) is 2.74. The standard InChI is InChI=1S/C23H31N3O5S/c1-17(2)24-23(28)18(3)25(15-19-10-7-6-8-11-19)22(27)16-26(32(5,29)30)20-12-9-13-21(14-20)31-4/h6-14,17-18H,15-16H2,1-5H3,(H,24,28). The minimum absolute atomic E-state index is 0.0945. The summed E-state index contributed by atoms with van der Waals surface area (Å²) in [6.45, 7) is 5.03. The Morgan fingerprint density at radius 2 is 1.69 bits per heavy atom. The Hall–Kier alpha value is -3.07. The first-order valence-electron chi connectivity index (χ1n) is 10.3. The molecule has 0 spiro atoms. The molecule has 1 atom stereocenters. The Bertz CT molecular complexity index is 1020. The van der Waals surface area contributed by atoms with Crippen molar-refractivity contribution in [1.29, 1.82) is 0 Å². The van der Waals surface area contributed by atoms with Crippen LogP contribution in [0.15, 0.2) is 54.6 Å². The first kappa shape index (κ1) is 25.2. The molecule has 1 unspecified atom stereocenters. The van der Waals surface area contributed by atoms with Crippen molar-refractivity contribution < 1.29 is 22.7 Å². The van der Waals surface area contributed by atoms with E-state index in [1.165, 1.54) is 12.0 Å². The predicted molar refractivity (Wildman–Crippen MR) is 125 cm³/mol. The molecule has 2 rings (SSSR count). The first-order valence-corrected chi connectivity index (χ1v) is 12.1. The van der Waals surface area contributed by atoms with Gasteiger partial charge in [-0.3, -0.25) is 13.9 Å². The number of hydrogen-bond acceptors (Lipinski definition) is 5. The number of ether oxygens (including phenoxy) is 1. The van der Waals surface area contributed by atoms with Crippen LogP contribution in [0.25, 0.3) is 0 Å². The molecule has 1 N–H and O–H groups in total. The van der Waals surface area contributed by atoms with E-state index in [0.717, 1.165) is 16.1 Å². The van der Waals surface area contributed by atoms with Crippen LogP contribution in [-0.2, 0) is 26.2 Å². The molecular formula is C23H31N3O5S. The molecule has 0 bridgehead atoms. The van der Waals surface area contributed by atoms with Gasteiger partial charge in [0.15, 0.2) is 0 Å². The van der Waals surface area contributed by atoms with E-state index in [1.54, 1.807) is 31.2 Å². The molecular weight excluding hydrogens is 430 g/mol. The van der Waals surface area contributed by atoms with Crippen molar-refractivity contribution in [2.45, 2.75) is 39.4 Å². The lowest BCUT2D eigenvalue weighted by Gasteiger charge is -2.32. The number of nitrogens with one attached hydrogen (secondary N) is 1. The number of carbonyl (C=O) groups is 2. The lowest BCUT2D eigenvalue weighted by molar-refractivity contribution is -0.139. The summed E-state index contributed by atoms with van der Waals surface area (Å²) in [5.74, 6) is -0.334. The summed E-state index contributed by atoms with van der Waals surface area (Å²) in [5, 5.41) is 2.81. The Balaban J connectivity index is 2.37. The van der Waals surface area contributed by atoms with E-state index in [0.29, 0.717) is 11.4 Å².